The molecule has 0 bridgehead atoms. The molecule has 1 aliphatic carbocycles. The largest absolute Gasteiger partial charge is 0.486 e. The molecule has 88 valence electrons. The summed E-state index contributed by atoms with van der Waals surface area (Å²) in [6.45, 7) is 3.03. The van der Waals surface area contributed by atoms with Gasteiger partial charge in [-0.05, 0) is 23.3 Å². The van der Waals surface area contributed by atoms with Gasteiger partial charge < -0.3 is 14.6 Å². The van der Waals surface area contributed by atoms with Crippen molar-refractivity contribution in [1.82, 2.24) is 0 Å². The Labute approximate surface area is 98.5 Å². The summed E-state index contributed by atoms with van der Waals surface area (Å²) in [7, 11) is 0. The second-order valence-corrected chi connectivity index (χ2v) is 4.26. The van der Waals surface area contributed by atoms with Crippen molar-refractivity contribution >= 4 is 11.5 Å². The fourth-order valence-corrected chi connectivity index (χ4v) is 2.33. The van der Waals surface area contributed by atoms with Crippen LogP contribution in [0.3, 0.4) is 0 Å². The smallest absolute Gasteiger partial charge is 0.336 e. The molecule has 1 aliphatic heterocycles. The Morgan fingerprint density at radius 3 is 2.59 bits per heavy atom. The van der Waals surface area contributed by atoms with E-state index in [4.69, 9.17) is 14.6 Å². The molecule has 1 atom stereocenters. The average molecular weight is 232 g/mol. The first-order valence-corrected chi connectivity index (χ1v) is 5.56. The summed E-state index contributed by atoms with van der Waals surface area (Å²) in [4.78, 5) is 11.1. The van der Waals surface area contributed by atoms with Crippen LogP contribution >= 0.6 is 0 Å². The molecule has 1 aromatic rings. The molecule has 2 aliphatic rings. The maximum Gasteiger partial charge on any atom is 0.336 e. The number of benzene rings is 1. The number of ether oxygens (including phenoxy) is 2. The molecular formula is C13H12O4. The van der Waals surface area contributed by atoms with E-state index < -0.39 is 5.97 Å². The Kier molecular flexibility index (Phi) is 2.11. The highest BCUT2D eigenvalue weighted by molar-refractivity contribution is 6.17. The van der Waals surface area contributed by atoms with Gasteiger partial charge in [-0.25, -0.2) is 4.79 Å². The number of hydrogen-bond donors (Lipinski definition) is 1. The van der Waals surface area contributed by atoms with E-state index in [0.717, 1.165) is 11.1 Å². The van der Waals surface area contributed by atoms with Gasteiger partial charge in [-0.2, -0.15) is 0 Å². The molecule has 4 nitrogen and oxygen atoms in total. The van der Waals surface area contributed by atoms with Crippen molar-refractivity contribution in [1.29, 1.82) is 0 Å². The van der Waals surface area contributed by atoms with E-state index in [9.17, 15) is 4.79 Å². The highest BCUT2D eigenvalue weighted by Crippen LogP contribution is 2.43. The third kappa shape index (κ3) is 1.48. The fourth-order valence-electron chi connectivity index (χ4n) is 2.33. The number of rotatable bonds is 1. The number of fused-ring (bicyclic) bond motifs is 2. The predicted octanol–water partition coefficient (Wildman–Crippen LogP) is 2.04. The zero-order chi connectivity index (χ0) is 12.0. The summed E-state index contributed by atoms with van der Waals surface area (Å²) in [6.07, 6.45) is 1.76. The molecule has 17 heavy (non-hydrogen) atoms. The first kappa shape index (κ1) is 10.2. The number of carbonyl (C=O) groups is 1. The van der Waals surface area contributed by atoms with Crippen LogP contribution in [0.2, 0.25) is 0 Å². The van der Waals surface area contributed by atoms with Crippen LogP contribution in [0.1, 0.15) is 24.0 Å². The van der Waals surface area contributed by atoms with Gasteiger partial charge in [-0.15, -0.1) is 0 Å². The minimum Gasteiger partial charge on any atom is -0.486 e. The fraction of sp³-hybridized carbons (Fsp3) is 0.308. The molecule has 0 saturated carbocycles. The SMILES string of the molecule is CC1C=C(C(=O)O)c2cc3c(cc21)OCCO3. The molecular weight excluding hydrogens is 220 g/mol. The third-order valence-corrected chi connectivity index (χ3v) is 3.14. The average Bonchev–Trinajstić information content (AvgIpc) is 2.64. The van der Waals surface area contributed by atoms with E-state index in [2.05, 4.69) is 0 Å². The van der Waals surface area contributed by atoms with Crippen molar-refractivity contribution in [2.24, 2.45) is 0 Å². The summed E-state index contributed by atoms with van der Waals surface area (Å²) < 4.78 is 11.0. The summed E-state index contributed by atoms with van der Waals surface area (Å²) in [6, 6.07) is 3.66. The van der Waals surface area contributed by atoms with Gasteiger partial charge in [0.25, 0.3) is 0 Å². The van der Waals surface area contributed by atoms with Crippen LogP contribution in [-0.2, 0) is 4.79 Å². The zero-order valence-electron chi connectivity index (χ0n) is 9.40. The van der Waals surface area contributed by atoms with Gasteiger partial charge in [0.1, 0.15) is 13.2 Å². The van der Waals surface area contributed by atoms with E-state index in [1.807, 2.05) is 13.0 Å². The Hall–Kier alpha value is -1.97. The number of aliphatic carboxylic acids is 1. The van der Waals surface area contributed by atoms with Crippen molar-refractivity contribution in [2.75, 3.05) is 13.2 Å². The zero-order valence-corrected chi connectivity index (χ0v) is 9.40. The Morgan fingerprint density at radius 2 is 1.94 bits per heavy atom. The summed E-state index contributed by atoms with van der Waals surface area (Å²) in [5.74, 6) is 0.553. The van der Waals surface area contributed by atoms with Gasteiger partial charge in [0.05, 0.1) is 5.57 Å². The van der Waals surface area contributed by atoms with Gasteiger partial charge in [-0.3, -0.25) is 0 Å². The molecule has 3 rings (SSSR count). The van der Waals surface area contributed by atoms with Gasteiger partial charge in [0, 0.05) is 5.92 Å². The number of hydrogen-bond acceptors (Lipinski definition) is 3. The molecule has 0 radical (unpaired) electrons. The minimum absolute atomic E-state index is 0.104. The van der Waals surface area contributed by atoms with Crippen LogP contribution in [0.4, 0.5) is 0 Å². The normalized spacial score (nSPS) is 20.8. The van der Waals surface area contributed by atoms with E-state index in [1.54, 1.807) is 12.1 Å². The lowest BCUT2D eigenvalue weighted by atomic mass is 10.0. The second-order valence-electron chi connectivity index (χ2n) is 4.26. The van der Waals surface area contributed by atoms with Crippen molar-refractivity contribution in [2.45, 2.75) is 12.8 Å². The van der Waals surface area contributed by atoms with Gasteiger partial charge >= 0.3 is 5.97 Å². The lowest BCUT2D eigenvalue weighted by molar-refractivity contribution is -0.130. The lowest BCUT2D eigenvalue weighted by Gasteiger charge is -2.20. The molecule has 1 unspecified atom stereocenters. The van der Waals surface area contributed by atoms with Crippen molar-refractivity contribution < 1.29 is 19.4 Å². The number of carboxylic acids is 1. The van der Waals surface area contributed by atoms with Crippen molar-refractivity contribution in [3.8, 4) is 11.5 Å². The molecule has 0 amide bonds. The summed E-state index contributed by atoms with van der Waals surface area (Å²) >= 11 is 0. The van der Waals surface area contributed by atoms with Crippen molar-refractivity contribution in [3.63, 3.8) is 0 Å². The first-order valence-electron chi connectivity index (χ1n) is 5.56. The summed E-state index contributed by atoms with van der Waals surface area (Å²) in [5, 5.41) is 9.14. The molecule has 0 spiro atoms. The quantitative estimate of drug-likeness (QED) is 0.805. The first-order chi connectivity index (χ1) is 8.16. The molecule has 4 heteroatoms. The molecule has 0 saturated heterocycles. The standard InChI is InChI=1S/C13H12O4/c1-7-4-10(13(14)15)9-6-12-11(5-8(7)9)16-2-3-17-12/h4-7H,2-3H2,1H3,(H,14,15). The maximum absolute atomic E-state index is 11.1. The molecule has 0 aromatic heterocycles. The Balaban J connectivity index is 2.15. The third-order valence-electron chi connectivity index (χ3n) is 3.14. The predicted molar refractivity (Wildman–Crippen MR) is 61.5 cm³/mol. The topological polar surface area (TPSA) is 55.8 Å². The van der Waals surface area contributed by atoms with Crippen molar-refractivity contribution in [3.05, 3.63) is 29.3 Å². The van der Waals surface area contributed by atoms with Gasteiger partial charge in [0.2, 0.25) is 0 Å². The van der Waals surface area contributed by atoms with Crippen LogP contribution in [0.25, 0.3) is 5.57 Å². The highest BCUT2D eigenvalue weighted by Gasteiger charge is 2.27. The molecule has 1 N–H and O–H groups in total. The van der Waals surface area contributed by atoms with Gasteiger partial charge in [-0.1, -0.05) is 13.0 Å². The van der Waals surface area contributed by atoms with E-state index in [-0.39, 0.29) is 5.92 Å². The highest BCUT2D eigenvalue weighted by atomic mass is 16.6. The molecule has 0 fully saturated rings. The summed E-state index contributed by atoms with van der Waals surface area (Å²) in [5.41, 5.74) is 2.09. The van der Waals surface area contributed by atoms with Crippen LogP contribution in [-0.4, -0.2) is 24.3 Å². The molecule has 1 aromatic carbocycles. The van der Waals surface area contributed by atoms with Crippen LogP contribution in [0, 0.1) is 0 Å². The Bertz CT molecular complexity index is 530. The van der Waals surface area contributed by atoms with Crippen LogP contribution in [0.5, 0.6) is 11.5 Å². The van der Waals surface area contributed by atoms with E-state index >= 15 is 0 Å². The monoisotopic (exact) mass is 232 g/mol. The Morgan fingerprint density at radius 1 is 1.29 bits per heavy atom. The maximum atomic E-state index is 11.1. The minimum atomic E-state index is -0.896. The van der Waals surface area contributed by atoms with E-state index in [0.29, 0.717) is 30.3 Å². The van der Waals surface area contributed by atoms with E-state index in [1.165, 1.54) is 0 Å². The molecule has 1 heterocycles. The van der Waals surface area contributed by atoms with Crippen LogP contribution in [0.15, 0.2) is 18.2 Å². The number of carboxylic acid groups (broad SMARTS) is 1. The second kappa shape index (κ2) is 3.52. The number of allylic oxidation sites excluding steroid dienone is 1. The van der Waals surface area contributed by atoms with Crippen LogP contribution < -0.4 is 9.47 Å². The lowest BCUT2D eigenvalue weighted by Crippen LogP contribution is -2.16. The van der Waals surface area contributed by atoms with Gasteiger partial charge in [0.15, 0.2) is 11.5 Å².